The third-order valence-corrected chi connectivity index (χ3v) is 5.79. The number of benzene rings is 1. The van der Waals surface area contributed by atoms with E-state index >= 15 is 0 Å². The van der Waals surface area contributed by atoms with Crippen LogP contribution in [-0.4, -0.2) is 55.6 Å². The minimum Gasteiger partial charge on any atom is -0.356 e. The normalized spacial score (nSPS) is 15.8. The standard InChI is InChI=1S/C22H33N5O.HI/c1-23-21(25-17-22(12-6-7-13-22)20(28)26(2)3)24-14-8-15-27-16-11-18-9-4-5-10-19(18)27;/h4-5,9-11,16H,6-8,12-15,17H2,1-3H3,(H2,23,24,25);1H. The lowest BCUT2D eigenvalue weighted by molar-refractivity contribution is -0.138. The number of rotatable bonds is 7. The molecular formula is C22H34IN5O. The first-order valence-corrected chi connectivity index (χ1v) is 10.3. The molecule has 2 N–H and O–H groups in total. The number of hydrogen-bond acceptors (Lipinski definition) is 2. The number of hydrogen-bond donors (Lipinski definition) is 2. The van der Waals surface area contributed by atoms with Crippen LogP contribution in [0.5, 0.6) is 0 Å². The monoisotopic (exact) mass is 511 g/mol. The van der Waals surface area contributed by atoms with Gasteiger partial charge in [0.15, 0.2) is 5.96 Å². The molecule has 29 heavy (non-hydrogen) atoms. The first kappa shape index (κ1) is 23.5. The zero-order chi connectivity index (χ0) is 20.0. The van der Waals surface area contributed by atoms with Gasteiger partial charge < -0.3 is 20.1 Å². The van der Waals surface area contributed by atoms with Crippen LogP contribution in [0.25, 0.3) is 10.9 Å². The van der Waals surface area contributed by atoms with Gasteiger partial charge in [0.2, 0.25) is 5.91 Å². The Morgan fingerprint density at radius 3 is 2.59 bits per heavy atom. The lowest BCUT2D eigenvalue weighted by Gasteiger charge is -2.31. The van der Waals surface area contributed by atoms with Gasteiger partial charge in [0.05, 0.1) is 5.41 Å². The molecule has 2 aromatic rings. The predicted molar refractivity (Wildman–Crippen MR) is 131 cm³/mol. The van der Waals surface area contributed by atoms with Gasteiger partial charge in [-0.2, -0.15) is 0 Å². The van der Waals surface area contributed by atoms with Crippen LogP contribution < -0.4 is 10.6 Å². The Morgan fingerprint density at radius 2 is 1.90 bits per heavy atom. The van der Waals surface area contributed by atoms with E-state index in [0.717, 1.165) is 51.2 Å². The lowest BCUT2D eigenvalue weighted by atomic mass is 9.84. The van der Waals surface area contributed by atoms with Crippen LogP contribution >= 0.6 is 24.0 Å². The molecule has 0 bridgehead atoms. The van der Waals surface area contributed by atoms with E-state index < -0.39 is 0 Å². The van der Waals surface area contributed by atoms with Crippen LogP contribution in [0.4, 0.5) is 0 Å². The third kappa shape index (κ3) is 5.65. The van der Waals surface area contributed by atoms with E-state index in [9.17, 15) is 4.79 Å². The Hall–Kier alpha value is -1.77. The molecule has 160 valence electrons. The summed E-state index contributed by atoms with van der Waals surface area (Å²) in [5.74, 6) is 1.00. The molecule has 1 heterocycles. The van der Waals surface area contributed by atoms with E-state index in [4.69, 9.17) is 0 Å². The number of fused-ring (bicyclic) bond motifs is 1. The van der Waals surface area contributed by atoms with Crippen LogP contribution in [0, 0.1) is 5.41 Å². The number of carbonyl (C=O) groups excluding carboxylic acids is 1. The maximum absolute atomic E-state index is 12.7. The average Bonchev–Trinajstić information content (AvgIpc) is 3.35. The van der Waals surface area contributed by atoms with Gasteiger partial charge in [-0.15, -0.1) is 24.0 Å². The van der Waals surface area contributed by atoms with E-state index in [1.165, 1.54) is 10.9 Å². The molecule has 0 aliphatic heterocycles. The molecule has 1 aliphatic rings. The number of aryl methyl sites for hydroxylation is 1. The minimum atomic E-state index is -0.287. The smallest absolute Gasteiger partial charge is 0.230 e. The van der Waals surface area contributed by atoms with Crippen molar-refractivity contribution in [3.8, 4) is 0 Å². The van der Waals surface area contributed by atoms with Gasteiger partial charge in [0, 0.05) is 52.5 Å². The first-order chi connectivity index (χ1) is 13.6. The number of carbonyl (C=O) groups is 1. The summed E-state index contributed by atoms with van der Waals surface area (Å²) in [4.78, 5) is 18.7. The Balaban J connectivity index is 0.00000300. The Kier molecular flexibility index (Phi) is 8.79. The summed E-state index contributed by atoms with van der Waals surface area (Å²) >= 11 is 0. The van der Waals surface area contributed by atoms with Crippen molar-refractivity contribution in [2.24, 2.45) is 10.4 Å². The van der Waals surface area contributed by atoms with Gasteiger partial charge in [0.25, 0.3) is 0 Å². The van der Waals surface area contributed by atoms with Crippen molar-refractivity contribution in [2.75, 3.05) is 34.2 Å². The average molecular weight is 511 g/mol. The van der Waals surface area contributed by atoms with Gasteiger partial charge in [-0.3, -0.25) is 9.79 Å². The molecule has 1 aliphatic carbocycles. The van der Waals surface area contributed by atoms with Gasteiger partial charge in [0.1, 0.15) is 0 Å². The fraction of sp³-hybridized carbons (Fsp3) is 0.545. The fourth-order valence-electron chi connectivity index (χ4n) is 4.26. The van der Waals surface area contributed by atoms with Crippen molar-refractivity contribution in [3.63, 3.8) is 0 Å². The van der Waals surface area contributed by atoms with Crippen molar-refractivity contribution in [1.82, 2.24) is 20.1 Å². The molecule has 3 rings (SSSR count). The molecule has 0 spiro atoms. The molecule has 1 aromatic carbocycles. The molecule has 1 fully saturated rings. The summed E-state index contributed by atoms with van der Waals surface area (Å²) in [6, 6.07) is 10.6. The van der Waals surface area contributed by atoms with Crippen molar-refractivity contribution >= 4 is 46.7 Å². The second kappa shape index (κ2) is 10.8. The zero-order valence-corrected chi connectivity index (χ0v) is 20.1. The van der Waals surface area contributed by atoms with Crippen LogP contribution in [0.2, 0.25) is 0 Å². The highest BCUT2D eigenvalue weighted by Gasteiger charge is 2.42. The number of amides is 1. The van der Waals surface area contributed by atoms with Crippen LogP contribution in [0.3, 0.4) is 0 Å². The van der Waals surface area contributed by atoms with Gasteiger partial charge >= 0.3 is 0 Å². The summed E-state index contributed by atoms with van der Waals surface area (Å²) in [5, 5.41) is 8.06. The van der Waals surface area contributed by atoms with Crippen molar-refractivity contribution < 1.29 is 4.79 Å². The number of halogens is 1. The van der Waals surface area contributed by atoms with Crippen LogP contribution in [0.1, 0.15) is 32.1 Å². The zero-order valence-electron chi connectivity index (χ0n) is 17.8. The Morgan fingerprint density at radius 1 is 1.17 bits per heavy atom. The number of para-hydroxylation sites is 1. The van der Waals surface area contributed by atoms with E-state index in [1.807, 2.05) is 14.1 Å². The molecule has 0 radical (unpaired) electrons. The Labute approximate surface area is 191 Å². The number of aliphatic imine (C=N–C) groups is 1. The fourth-order valence-corrected chi connectivity index (χ4v) is 4.26. The maximum Gasteiger partial charge on any atom is 0.230 e. The topological polar surface area (TPSA) is 61.7 Å². The minimum absolute atomic E-state index is 0. The second-order valence-electron chi connectivity index (χ2n) is 7.96. The summed E-state index contributed by atoms with van der Waals surface area (Å²) in [6.45, 7) is 2.44. The highest BCUT2D eigenvalue weighted by atomic mass is 127. The summed E-state index contributed by atoms with van der Waals surface area (Å²) in [5.41, 5.74) is 0.987. The van der Waals surface area contributed by atoms with Gasteiger partial charge in [-0.05, 0) is 36.8 Å². The molecule has 0 saturated heterocycles. The van der Waals surface area contributed by atoms with E-state index in [1.54, 1.807) is 11.9 Å². The summed E-state index contributed by atoms with van der Waals surface area (Å²) in [7, 11) is 5.48. The van der Waals surface area contributed by atoms with Gasteiger partial charge in [-0.1, -0.05) is 31.0 Å². The molecule has 0 unspecified atom stereocenters. The van der Waals surface area contributed by atoms with Gasteiger partial charge in [-0.25, -0.2) is 0 Å². The number of guanidine groups is 1. The lowest BCUT2D eigenvalue weighted by Crippen LogP contribution is -2.49. The molecule has 6 nitrogen and oxygen atoms in total. The second-order valence-corrected chi connectivity index (χ2v) is 7.96. The van der Waals surface area contributed by atoms with E-state index in [2.05, 4.69) is 56.7 Å². The quantitative estimate of drug-likeness (QED) is 0.259. The molecule has 0 atom stereocenters. The van der Waals surface area contributed by atoms with Crippen molar-refractivity contribution in [1.29, 1.82) is 0 Å². The highest BCUT2D eigenvalue weighted by molar-refractivity contribution is 14.0. The summed E-state index contributed by atoms with van der Waals surface area (Å²) < 4.78 is 2.29. The predicted octanol–water partition coefficient (Wildman–Crippen LogP) is 3.46. The summed E-state index contributed by atoms with van der Waals surface area (Å²) in [6.07, 6.45) is 7.30. The number of aromatic nitrogens is 1. The molecule has 1 aromatic heterocycles. The first-order valence-electron chi connectivity index (χ1n) is 10.3. The number of nitrogens with zero attached hydrogens (tertiary/aromatic N) is 3. The van der Waals surface area contributed by atoms with Crippen LogP contribution in [0.15, 0.2) is 41.5 Å². The van der Waals surface area contributed by atoms with Crippen LogP contribution in [-0.2, 0) is 11.3 Å². The van der Waals surface area contributed by atoms with Crippen molar-refractivity contribution in [2.45, 2.75) is 38.6 Å². The number of nitrogens with one attached hydrogen (secondary N) is 2. The molecular weight excluding hydrogens is 477 g/mol. The molecule has 1 saturated carbocycles. The SMILES string of the molecule is CN=C(NCCCn1ccc2ccccc21)NCC1(C(=O)N(C)C)CCCC1.I. The molecule has 1 amide bonds. The highest BCUT2D eigenvalue weighted by Crippen LogP contribution is 2.38. The van der Waals surface area contributed by atoms with Crippen molar-refractivity contribution in [3.05, 3.63) is 36.5 Å². The van der Waals surface area contributed by atoms with E-state index in [0.29, 0.717) is 6.54 Å². The largest absolute Gasteiger partial charge is 0.356 e. The third-order valence-electron chi connectivity index (χ3n) is 5.79. The maximum atomic E-state index is 12.7. The molecule has 7 heteroatoms. The van der Waals surface area contributed by atoms with E-state index in [-0.39, 0.29) is 35.3 Å². The Bertz CT molecular complexity index is 823.